The van der Waals surface area contributed by atoms with E-state index in [9.17, 15) is 65.4 Å². The number of ether oxygens (including phenoxy) is 8. The van der Waals surface area contributed by atoms with Crippen molar-refractivity contribution in [2.45, 2.75) is 73.9 Å². The van der Waals surface area contributed by atoms with Gasteiger partial charge in [0.15, 0.2) is 17.6 Å². The average molecular weight is 875 g/mol. The Kier molecular flexibility index (Phi) is 13.9. The van der Waals surface area contributed by atoms with E-state index in [2.05, 4.69) is 0 Å². The number of aromatic hydroxyl groups is 4. The van der Waals surface area contributed by atoms with Crippen LogP contribution in [-0.4, -0.2) is 156 Å². The summed E-state index contributed by atoms with van der Waals surface area (Å²) < 4.78 is 44.7. The van der Waals surface area contributed by atoms with Crippen molar-refractivity contribution in [1.29, 1.82) is 0 Å². The molecule has 0 aliphatic carbocycles. The maximum Gasteiger partial charge on any atom is 0.330 e. The molecular weight excluding hydrogens is 832 g/mol. The lowest BCUT2D eigenvalue weighted by molar-refractivity contribution is -0.294. The monoisotopic (exact) mass is 874 g/mol. The van der Waals surface area contributed by atoms with Crippen molar-refractivity contribution in [2.75, 3.05) is 20.3 Å². The SMILES string of the molecule is COc1cc(C2Oc3cc(O)cc(O[C@@H]4O[C@H](COC(=O)CC(=O)O)[C@@H](O)[C@H](O)[C@H]4O)c3C=C2O[C@@H]2O[C@H](COC(=O)C=Cc3ccc(O)cc3)[C@@H](O)[C@H](O)[C@H]2O)cc(O)c1O. The number of esters is 2. The number of hydrogen-bond acceptors (Lipinski definition) is 21. The summed E-state index contributed by atoms with van der Waals surface area (Å²) in [4.78, 5) is 35.3. The van der Waals surface area contributed by atoms with E-state index < -0.39 is 122 Å². The third-order valence-corrected chi connectivity index (χ3v) is 9.71. The van der Waals surface area contributed by atoms with Crippen LogP contribution in [0.1, 0.15) is 29.2 Å². The molecule has 0 aromatic heterocycles. The maximum absolute atomic E-state index is 12.5. The van der Waals surface area contributed by atoms with Gasteiger partial charge in [-0.05, 0) is 42.0 Å². The number of carbonyl (C=O) groups is 3. The molecule has 0 amide bonds. The van der Waals surface area contributed by atoms with Crippen molar-refractivity contribution in [3.63, 3.8) is 0 Å². The van der Waals surface area contributed by atoms with Crippen molar-refractivity contribution < 1.29 is 108 Å². The molecule has 2 fully saturated rings. The van der Waals surface area contributed by atoms with Crippen LogP contribution in [0.3, 0.4) is 0 Å². The molecule has 11 N–H and O–H groups in total. The lowest BCUT2D eigenvalue weighted by atomic mass is 9.98. The topological polar surface area (TPSA) is 348 Å². The molecule has 3 heterocycles. The molecule has 22 heteroatoms. The molecule has 1 unspecified atom stereocenters. The molecule has 6 rings (SSSR count). The Hall–Kier alpha value is -6.37. The molecule has 2 saturated heterocycles. The van der Waals surface area contributed by atoms with Gasteiger partial charge in [-0.3, -0.25) is 9.59 Å². The van der Waals surface area contributed by atoms with Crippen molar-refractivity contribution in [3.05, 3.63) is 77.1 Å². The fourth-order valence-electron chi connectivity index (χ4n) is 6.45. The van der Waals surface area contributed by atoms with Crippen LogP contribution < -0.4 is 14.2 Å². The smallest absolute Gasteiger partial charge is 0.330 e. The average Bonchev–Trinajstić information content (AvgIpc) is 3.23. The Morgan fingerprint density at radius 1 is 0.710 bits per heavy atom. The number of carboxylic acids is 1. The van der Waals surface area contributed by atoms with Crippen LogP contribution in [0.15, 0.2) is 60.4 Å². The number of aliphatic hydroxyl groups is 6. The largest absolute Gasteiger partial charge is 0.508 e. The lowest BCUT2D eigenvalue weighted by Crippen LogP contribution is -2.60. The molecular formula is C40H42O22. The molecule has 0 bridgehead atoms. The van der Waals surface area contributed by atoms with Crippen LogP contribution in [-0.2, 0) is 38.1 Å². The molecule has 3 aromatic carbocycles. The van der Waals surface area contributed by atoms with E-state index in [1.165, 1.54) is 49.6 Å². The highest BCUT2D eigenvalue weighted by Crippen LogP contribution is 2.48. The first-order valence-corrected chi connectivity index (χ1v) is 18.5. The molecule has 0 spiro atoms. The second-order valence-corrected chi connectivity index (χ2v) is 14.1. The summed E-state index contributed by atoms with van der Waals surface area (Å²) in [5, 5.41) is 115. The zero-order valence-corrected chi connectivity index (χ0v) is 32.2. The van der Waals surface area contributed by atoms with E-state index in [1.807, 2.05) is 0 Å². The van der Waals surface area contributed by atoms with E-state index >= 15 is 0 Å². The molecule has 62 heavy (non-hydrogen) atoms. The highest BCUT2D eigenvalue weighted by atomic mass is 16.7. The lowest BCUT2D eigenvalue weighted by Gasteiger charge is -2.41. The van der Waals surface area contributed by atoms with Gasteiger partial charge in [-0.1, -0.05) is 12.1 Å². The molecule has 3 aliphatic heterocycles. The summed E-state index contributed by atoms with van der Waals surface area (Å²) in [6.45, 7) is -1.43. The Balaban J connectivity index is 1.29. The summed E-state index contributed by atoms with van der Waals surface area (Å²) >= 11 is 0. The summed E-state index contributed by atoms with van der Waals surface area (Å²) in [5.74, 6) is -6.41. The number of aliphatic carboxylic acids is 1. The number of phenolic OH excluding ortho intramolecular Hbond substituents is 4. The molecule has 11 atom stereocenters. The first kappa shape index (κ1) is 45.2. The zero-order chi connectivity index (χ0) is 45.0. The number of methoxy groups -OCH3 is 1. The number of aliphatic hydroxyl groups excluding tert-OH is 6. The van der Waals surface area contributed by atoms with Gasteiger partial charge in [0.1, 0.15) is 97.2 Å². The second-order valence-electron chi connectivity index (χ2n) is 14.1. The first-order chi connectivity index (χ1) is 29.4. The Morgan fingerprint density at radius 3 is 1.94 bits per heavy atom. The predicted octanol–water partition coefficient (Wildman–Crippen LogP) is -0.723. The summed E-state index contributed by atoms with van der Waals surface area (Å²) in [6, 6.07) is 10.3. The molecule has 3 aromatic rings. The zero-order valence-electron chi connectivity index (χ0n) is 32.2. The third-order valence-electron chi connectivity index (χ3n) is 9.71. The number of benzene rings is 3. The number of fused-ring (bicyclic) bond motifs is 1. The van der Waals surface area contributed by atoms with E-state index in [0.29, 0.717) is 5.56 Å². The van der Waals surface area contributed by atoms with Crippen LogP contribution in [0.25, 0.3) is 12.2 Å². The van der Waals surface area contributed by atoms with Crippen LogP contribution in [0, 0.1) is 0 Å². The first-order valence-electron chi connectivity index (χ1n) is 18.5. The van der Waals surface area contributed by atoms with Crippen LogP contribution >= 0.6 is 0 Å². The van der Waals surface area contributed by atoms with Crippen molar-refractivity contribution in [2.24, 2.45) is 0 Å². The fraction of sp³-hybridized carbons (Fsp3) is 0.375. The number of carbonyl (C=O) groups excluding carboxylic acids is 2. The maximum atomic E-state index is 12.5. The van der Waals surface area contributed by atoms with E-state index in [0.717, 1.165) is 24.3 Å². The van der Waals surface area contributed by atoms with Gasteiger partial charge in [-0.2, -0.15) is 0 Å². The van der Waals surface area contributed by atoms with Gasteiger partial charge in [-0.15, -0.1) is 0 Å². The number of phenols is 4. The van der Waals surface area contributed by atoms with Crippen molar-refractivity contribution in [1.82, 2.24) is 0 Å². The van der Waals surface area contributed by atoms with Gasteiger partial charge in [0, 0.05) is 23.8 Å². The minimum Gasteiger partial charge on any atom is -0.508 e. The van der Waals surface area contributed by atoms with Gasteiger partial charge < -0.3 is 94.1 Å². The molecule has 22 nitrogen and oxygen atoms in total. The Labute approximate surface area is 349 Å². The predicted molar refractivity (Wildman–Crippen MR) is 202 cm³/mol. The van der Waals surface area contributed by atoms with E-state index in [4.69, 9.17) is 43.0 Å². The summed E-state index contributed by atoms with van der Waals surface area (Å²) in [7, 11) is 1.20. The summed E-state index contributed by atoms with van der Waals surface area (Å²) in [5.41, 5.74) is 0.491. The number of carboxylic acid groups (broad SMARTS) is 1. The highest BCUT2D eigenvalue weighted by Gasteiger charge is 2.48. The molecule has 334 valence electrons. The summed E-state index contributed by atoms with van der Waals surface area (Å²) in [6.07, 6.45) is -17.1. The quantitative estimate of drug-likeness (QED) is 0.0412. The Bertz CT molecular complexity index is 2170. The number of hydrogen-bond donors (Lipinski definition) is 11. The molecule has 0 saturated carbocycles. The minimum absolute atomic E-state index is 0.00991. The van der Waals surface area contributed by atoms with Gasteiger partial charge >= 0.3 is 17.9 Å². The molecule has 3 aliphatic rings. The van der Waals surface area contributed by atoms with Gasteiger partial charge in [-0.25, -0.2) is 4.79 Å². The van der Waals surface area contributed by atoms with Crippen LogP contribution in [0.2, 0.25) is 0 Å². The van der Waals surface area contributed by atoms with Gasteiger partial charge in [0.25, 0.3) is 0 Å². The fourth-order valence-corrected chi connectivity index (χ4v) is 6.45. The van der Waals surface area contributed by atoms with Crippen molar-refractivity contribution in [3.8, 4) is 40.2 Å². The van der Waals surface area contributed by atoms with E-state index in [1.54, 1.807) is 0 Å². The van der Waals surface area contributed by atoms with E-state index in [-0.39, 0.29) is 39.9 Å². The van der Waals surface area contributed by atoms with Crippen molar-refractivity contribution >= 4 is 30.1 Å². The molecule has 0 radical (unpaired) electrons. The number of rotatable bonds is 14. The van der Waals surface area contributed by atoms with Gasteiger partial charge in [0.2, 0.25) is 18.3 Å². The normalized spacial score (nSPS) is 28.2. The van der Waals surface area contributed by atoms with Gasteiger partial charge in [0.05, 0.1) is 12.7 Å². The standard InChI is InChI=1S/C40H42O22/c1-55-24-9-17(8-21(43)31(24)48)38-25(60-40-37(54)35(52)32(49)26(62-40)14-56-29(46)7-4-16-2-5-18(41)6-3-16)12-20-22(58-38)10-19(42)11-23(20)59-39-36(53)34(51)33(50)27(61-39)15-57-30(47)13-28(44)45/h2-12,26-27,32-43,48-54H,13-15H2,1H3,(H,44,45)/t26-,27-,32-,33-,34+,35+,36-,37-,38?,39-,40-/m1/s1. The van der Waals surface area contributed by atoms with Crippen LogP contribution in [0.4, 0.5) is 0 Å². The van der Waals surface area contributed by atoms with Crippen LogP contribution in [0.5, 0.6) is 40.2 Å². The highest BCUT2D eigenvalue weighted by molar-refractivity contribution is 5.90. The minimum atomic E-state index is -1.98. The second kappa shape index (κ2) is 19.1. The Morgan fingerprint density at radius 2 is 1.32 bits per heavy atom. The third kappa shape index (κ3) is 10.2.